The predicted molar refractivity (Wildman–Crippen MR) is 125 cm³/mol. The molecule has 0 radical (unpaired) electrons. The highest BCUT2D eigenvalue weighted by Crippen LogP contribution is 2.36. The Bertz CT molecular complexity index is 1050. The van der Waals surface area contributed by atoms with E-state index >= 15 is 0 Å². The number of rotatable bonds is 9. The van der Waals surface area contributed by atoms with Crippen LogP contribution in [0, 0.1) is 6.92 Å². The number of carboxylic acid groups (broad SMARTS) is 1. The first-order valence-corrected chi connectivity index (χ1v) is 11.1. The number of anilines is 1. The fraction of sp³-hybridized carbons (Fsp3) is 0.261. The summed E-state index contributed by atoms with van der Waals surface area (Å²) in [5.41, 5.74) is 2.53. The molecule has 0 aliphatic rings. The van der Waals surface area contributed by atoms with E-state index in [4.69, 9.17) is 16.6 Å². The summed E-state index contributed by atoms with van der Waals surface area (Å²) in [6.45, 7) is 4.88. The number of thiazole rings is 1. The van der Waals surface area contributed by atoms with Gasteiger partial charge >= 0.3 is 5.97 Å². The zero-order valence-corrected chi connectivity index (χ0v) is 18.6. The molecule has 0 aliphatic carbocycles. The number of nitrogens with zero attached hydrogens (tertiary/aromatic N) is 3. The van der Waals surface area contributed by atoms with Crippen molar-refractivity contribution in [3.8, 4) is 11.3 Å². The third-order valence-electron chi connectivity index (χ3n) is 4.64. The van der Waals surface area contributed by atoms with Crippen molar-refractivity contribution in [3.05, 3.63) is 69.6 Å². The second kappa shape index (κ2) is 10.4. The number of aromatic nitrogens is 1. The van der Waals surface area contributed by atoms with Gasteiger partial charge in [-0.05, 0) is 25.5 Å². The molecule has 7 heteroatoms. The zero-order chi connectivity index (χ0) is 21.5. The fourth-order valence-corrected chi connectivity index (χ4v) is 4.18. The molecule has 5 nitrogen and oxygen atoms in total. The van der Waals surface area contributed by atoms with Gasteiger partial charge in [0, 0.05) is 27.6 Å². The maximum atomic E-state index is 11.5. The number of benzene rings is 2. The summed E-state index contributed by atoms with van der Waals surface area (Å²) in [6.07, 6.45) is 4.75. The standard InChI is InChI=1S/C23H24ClN3O2S/c1-3-4-9-14-27(25-15-17-10-5-6-11-18(17)22(28)29)23-26-21(16(2)30-23)19-12-7-8-13-20(19)24/h5-8,10-13,15H,3-4,9,14H2,1-2H3,(H,28,29)/b25-15+. The van der Waals surface area contributed by atoms with Crippen LogP contribution < -0.4 is 5.01 Å². The van der Waals surface area contributed by atoms with E-state index in [2.05, 4.69) is 12.0 Å². The number of aryl methyl sites for hydroxylation is 1. The van der Waals surface area contributed by atoms with Crippen molar-refractivity contribution in [1.29, 1.82) is 0 Å². The molecule has 0 fully saturated rings. The highest BCUT2D eigenvalue weighted by molar-refractivity contribution is 7.16. The van der Waals surface area contributed by atoms with Crippen molar-refractivity contribution in [1.82, 2.24) is 4.98 Å². The molecule has 0 bridgehead atoms. The molecular weight excluding hydrogens is 418 g/mol. The van der Waals surface area contributed by atoms with Crippen LogP contribution in [0.2, 0.25) is 5.02 Å². The molecule has 0 atom stereocenters. The number of hydrogen-bond acceptors (Lipinski definition) is 5. The summed E-state index contributed by atoms with van der Waals surface area (Å²) < 4.78 is 0. The third-order valence-corrected chi connectivity index (χ3v) is 5.95. The van der Waals surface area contributed by atoms with Crippen molar-refractivity contribution in [2.75, 3.05) is 11.6 Å². The third kappa shape index (κ3) is 5.26. The van der Waals surface area contributed by atoms with E-state index in [1.165, 1.54) is 0 Å². The van der Waals surface area contributed by atoms with Crippen molar-refractivity contribution in [3.63, 3.8) is 0 Å². The van der Waals surface area contributed by atoms with Gasteiger partial charge in [0.25, 0.3) is 0 Å². The molecule has 3 rings (SSSR count). The Labute approximate surface area is 185 Å². The van der Waals surface area contributed by atoms with Crippen LogP contribution in [0.5, 0.6) is 0 Å². The van der Waals surface area contributed by atoms with Gasteiger partial charge in [-0.25, -0.2) is 14.8 Å². The van der Waals surface area contributed by atoms with Crippen LogP contribution in [0.15, 0.2) is 53.6 Å². The number of carbonyl (C=O) groups is 1. The lowest BCUT2D eigenvalue weighted by molar-refractivity contribution is 0.0696. The lowest BCUT2D eigenvalue weighted by Gasteiger charge is -2.15. The summed E-state index contributed by atoms with van der Waals surface area (Å²) in [7, 11) is 0. The number of hydrazone groups is 1. The van der Waals surface area contributed by atoms with Crippen LogP contribution >= 0.6 is 22.9 Å². The summed E-state index contributed by atoms with van der Waals surface area (Å²) in [5.74, 6) is -0.972. The Balaban J connectivity index is 1.94. The molecular formula is C23H24ClN3O2S. The van der Waals surface area contributed by atoms with Crippen molar-refractivity contribution in [2.45, 2.75) is 33.1 Å². The summed E-state index contributed by atoms with van der Waals surface area (Å²) in [6, 6.07) is 14.5. The van der Waals surface area contributed by atoms with Gasteiger partial charge in [0.1, 0.15) is 0 Å². The maximum absolute atomic E-state index is 11.5. The van der Waals surface area contributed by atoms with Crippen LogP contribution in [-0.2, 0) is 0 Å². The van der Waals surface area contributed by atoms with Gasteiger partial charge in [0.05, 0.1) is 17.5 Å². The zero-order valence-electron chi connectivity index (χ0n) is 17.0. The van der Waals surface area contributed by atoms with Crippen LogP contribution in [0.4, 0.5) is 5.13 Å². The highest BCUT2D eigenvalue weighted by Gasteiger charge is 2.17. The van der Waals surface area contributed by atoms with E-state index in [1.807, 2.05) is 36.2 Å². The van der Waals surface area contributed by atoms with Crippen molar-refractivity contribution >= 4 is 40.3 Å². The molecule has 1 N–H and O–H groups in total. The van der Waals surface area contributed by atoms with Gasteiger partial charge in [-0.2, -0.15) is 5.10 Å². The van der Waals surface area contributed by atoms with E-state index in [0.29, 0.717) is 17.1 Å². The fourth-order valence-electron chi connectivity index (χ4n) is 3.05. The maximum Gasteiger partial charge on any atom is 0.336 e. The Hall–Kier alpha value is -2.70. The molecule has 0 saturated carbocycles. The number of unbranched alkanes of at least 4 members (excludes halogenated alkanes) is 2. The Morgan fingerprint density at radius 3 is 2.67 bits per heavy atom. The Kier molecular flexibility index (Phi) is 7.60. The average molecular weight is 442 g/mol. The van der Waals surface area contributed by atoms with Gasteiger partial charge in [-0.15, -0.1) is 0 Å². The van der Waals surface area contributed by atoms with Crippen LogP contribution in [0.1, 0.15) is 47.0 Å². The largest absolute Gasteiger partial charge is 0.478 e. The SMILES string of the molecule is CCCCCN(/N=C/c1ccccc1C(=O)O)c1nc(-c2ccccc2Cl)c(C)s1. The molecule has 156 valence electrons. The van der Waals surface area contributed by atoms with Gasteiger partial charge in [0.2, 0.25) is 5.13 Å². The lowest BCUT2D eigenvalue weighted by Crippen LogP contribution is -2.18. The van der Waals surface area contributed by atoms with E-state index in [-0.39, 0.29) is 5.56 Å². The molecule has 1 aromatic heterocycles. The lowest BCUT2D eigenvalue weighted by atomic mass is 10.1. The second-order valence-corrected chi connectivity index (χ2v) is 8.44. The van der Waals surface area contributed by atoms with Crippen LogP contribution in [-0.4, -0.2) is 28.8 Å². The predicted octanol–water partition coefficient (Wildman–Crippen LogP) is 6.50. The molecule has 0 unspecified atom stereocenters. The van der Waals surface area contributed by atoms with Gasteiger partial charge in [-0.1, -0.05) is 79.1 Å². The van der Waals surface area contributed by atoms with Gasteiger partial charge in [-0.3, -0.25) is 0 Å². The van der Waals surface area contributed by atoms with Gasteiger partial charge < -0.3 is 5.11 Å². The molecule has 3 aromatic rings. The van der Waals surface area contributed by atoms with Crippen molar-refractivity contribution in [2.24, 2.45) is 5.10 Å². The second-order valence-electron chi connectivity index (χ2n) is 6.85. The molecule has 0 amide bonds. The Morgan fingerprint density at radius 1 is 1.20 bits per heavy atom. The summed E-state index contributed by atoms with van der Waals surface area (Å²) >= 11 is 7.93. The van der Waals surface area contributed by atoms with E-state index in [9.17, 15) is 9.90 Å². The van der Waals surface area contributed by atoms with E-state index in [1.54, 1.807) is 41.8 Å². The molecule has 0 aliphatic heterocycles. The number of halogens is 1. The van der Waals surface area contributed by atoms with Gasteiger partial charge in [0.15, 0.2) is 0 Å². The smallest absolute Gasteiger partial charge is 0.336 e. The summed E-state index contributed by atoms with van der Waals surface area (Å²) in [4.78, 5) is 17.4. The normalized spacial score (nSPS) is 11.2. The Morgan fingerprint density at radius 2 is 1.93 bits per heavy atom. The number of carboxylic acids is 1. The van der Waals surface area contributed by atoms with Crippen LogP contribution in [0.25, 0.3) is 11.3 Å². The highest BCUT2D eigenvalue weighted by atomic mass is 35.5. The average Bonchev–Trinajstić information content (AvgIpc) is 3.12. The summed E-state index contributed by atoms with van der Waals surface area (Å²) in [5, 5.41) is 17.3. The molecule has 0 spiro atoms. The van der Waals surface area contributed by atoms with Crippen molar-refractivity contribution < 1.29 is 9.90 Å². The van der Waals surface area contributed by atoms with E-state index in [0.717, 1.165) is 40.5 Å². The molecule has 30 heavy (non-hydrogen) atoms. The minimum Gasteiger partial charge on any atom is -0.478 e. The first-order valence-electron chi connectivity index (χ1n) is 9.87. The van der Waals surface area contributed by atoms with E-state index < -0.39 is 5.97 Å². The quantitative estimate of drug-likeness (QED) is 0.234. The number of aromatic carboxylic acids is 1. The molecule has 0 saturated heterocycles. The minimum atomic E-state index is -0.972. The first-order chi connectivity index (χ1) is 14.5. The minimum absolute atomic E-state index is 0.224. The topological polar surface area (TPSA) is 65.8 Å². The first kappa shape index (κ1) is 22.0. The number of hydrogen-bond donors (Lipinski definition) is 1. The van der Waals surface area contributed by atoms with Crippen LogP contribution in [0.3, 0.4) is 0 Å². The molecule has 1 heterocycles. The monoisotopic (exact) mass is 441 g/mol. The molecule has 2 aromatic carbocycles.